The number of benzene rings is 2. The van der Waals surface area contributed by atoms with Crippen molar-refractivity contribution in [1.82, 2.24) is 5.06 Å². The fourth-order valence-electron chi connectivity index (χ4n) is 4.16. The largest absolute Gasteiger partial charge is 0.493 e. The highest BCUT2D eigenvalue weighted by molar-refractivity contribution is 5.64. The first-order chi connectivity index (χ1) is 14.0. The summed E-state index contributed by atoms with van der Waals surface area (Å²) in [6, 6.07) is 9.67. The first-order valence-corrected chi connectivity index (χ1v) is 10.2. The molecule has 29 heavy (non-hydrogen) atoms. The third-order valence-corrected chi connectivity index (χ3v) is 6.03. The Hall–Kier alpha value is -2.31. The van der Waals surface area contributed by atoms with Crippen molar-refractivity contribution in [3.8, 4) is 11.5 Å². The number of hydrogen-bond donors (Lipinski definition) is 2. The molecule has 1 aliphatic rings. The van der Waals surface area contributed by atoms with E-state index in [1.807, 2.05) is 12.1 Å². The molecule has 2 N–H and O–H groups in total. The average molecular weight is 403 g/mol. The second kappa shape index (κ2) is 9.01. The molecule has 0 unspecified atom stereocenters. The van der Waals surface area contributed by atoms with Crippen LogP contribution in [0.25, 0.3) is 0 Å². The molecule has 0 bridgehead atoms. The van der Waals surface area contributed by atoms with Crippen molar-refractivity contribution in [3.63, 3.8) is 0 Å². The van der Waals surface area contributed by atoms with Gasteiger partial charge < -0.3 is 20.0 Å². The maximum absolute atomic E-state index is 13.6. The number of hydrogen-bond acceptors (Lipinski definition) is 5. The second-order valence-electron chi connectivity index (χ2n) is 7.63. The third-order valence-electron chi connectivity index (χ3n) is 6.03. The highest BCUT2D eigenvalue weighted by Crippen LogP contribution is 2.45. The van der Waals surface area contributed by atoms with Gasteiger partial charge in [0.25, 0.3) is 0 Å². The molecule has 0 saturated heterocycles. The van der Waals surface area contributed by atoms with Crippen LogP contribution in [0.3, 0.4) is 0 Å². The number of nitrogens with one attached hydrogen (secondary N) is 1. The molecule has 6 heteroatoms. The van der Waals surface area contributed by atoms with Crippen LogP contribution in [-0.2, 0) is 0 Å². The molecule has 1 heterocycles. The van der Waals surface area contributed by atoms with Gasteiger partial charge in [0.2, 0.25) is 0 Å². The van der Waals surface area contributed by atoms with Gasteiger partial charge in [-0.2, -0.15) is 5.06 Å². The summed E-state index contributed by atoms with van der Waals surface area (Å²) < 4.78 is 24.6. The number of ether oxygens (including phenoxy) is 2. The van der Waals surface area contributed by atoms with Gasteiger partial charge in [0.15, 0.2) is 11.5 Å². The van der Waals surface area contributed by atoms with Crippen LogP contribution in [0.4, 0.5) is 10.1 Å². The lowest BCUT2D eigenvalue weighted by Gasteiger charge is -2.42. The second-order valence-corrected chi connectivity index (χ2v) is 7.63. The predicted octanol–water partition coefficient (Wildman–Crippen LogP) is 5.39. The molecule has 0 aliphatic carbocycles. The van der Waals surface area contributed by atoms with Crippen LogP contribution in [0.15, 0.2) is 36.4 Å². The van der Waals surface area contributed by atoms with Gasteiger partial charge in [-0.25, -0.2) is 4.39 Å². The summed E-state index contributed by atoms with van der Waals surface area (Å²) in [6.45, 7) is 4.84. The summed E-state index contributed by atoms with van der Waals surface area (Å²) in [6.07, 6.45) is 3.68. The van der Waals surface area contributed by atoms with Crippen LogP contribution in [0.5, 0.6) is 11.5 Å². The van der Waals surface area contributed by atoms with Crippen molar-refractivity contribution in [3.05, 3.63) is 53.3 Å². The molecule has 0 amide bonds. The Morgan fingerprint density at radius 2 is 1.79 bits per heavy atom. The highest BCUT2D eigenvalue weighted by atomic mass is 19.1. The summed E-state index contributed by atoms with van der Waals surface area (Å²) in [7, 11) is 3.20. The van der Waals surface area contributed by atoms with Crippen molar-refractivity contribution in [2.24, 2.45) is 0 Å². The summed E-state index contributed by atoms with van der Waals surface area (Å²) in [5.74, 6) is 0.912. The Morgan fingerprint density at radius 3 is 2.38 bits per heavy atom. The van der Waals surface area contributed by atoms with Crippen molar-refractivity contribution in [1.29, 1.82) is 0 Å². The number of hydroxylamine groups is 2. The van der Waals surface area contributed by atoms with Crippen LogP contribution in [-0.4, -0.2) is 36.6 Å². The Labute approximate surface area is 172 Å². The van der Waals surface area contributed by atoms with E-state index in [0.717, 1.165) is 42.5 Å². The van der Waals surface area contributed by atoms with E-state index in [1.54, 1.807) is 26.4 Å². The SMILES string of the molecule is CCCC[C@]1(CC)CNc2cc(OC)c(OC)cc2[C@@H](c2ccc(F)cc2)N1O. The molecule has 2 aromatic rings. The minimum absolute atomic E-state index is 0.301. The molecule has 3 rings (SSSR count). The van der Waals surface area contributed by atoms with Crippen LogP contribution >= 0.6 is 0 Å². The van der Waals surface area contributed by atoms with E-state index in [0.29, 0.717) is 18.0 Å². The van der Waals surface area contributed by atoms with E-state index >= 15 is 0 Å². The van der Waals surface area contributed by atoms with Crippen molar-refractivity contribution < 1.29 is 19.1 Å². The smallest absolute Gasteiger partial charge is 0.162 e. The summed E-state index contributed by atoms with van der Waals surface area (Å²) in [5, 5.41) is 16.6. The molecule has 0 spiro atoms. The molecule has 2 atom stereocenters. The lowest BCUT2D eigenvalue weighted by molar-refractivity contribution is -0.195. The minimum Gasteiger partial charge on any atom is -0.493 e. The number of fused-ring (bicyclic) bond motifs is 1. The van der Waals surface area contributed by atoms with Gasteiger partial charge in [-0.05, 0) is 36.6 Å². The first-order valence-electron chi connectivity index (χ1n) is 10.2. The van der Waals surface area contributed by atoms with Gasteiger partial charge in [-0.3, -0.25) is 0 Å². The van der Waals surface area contributed by atoms with Gasteiger partial charge >= 0.3 is 0 Å². The third kappa shape index (κ3) is 4.05. The van der Waals surface area contributed by atoms with Gasteiger partial charge in [-0.1, -0.05) is 38.8 Å². The van der Waals surface area contributed by atoms with E-state index in [1.165, 1.54) is 17.2 Å². The van der Waals surface area contributed by atoms with Crippen LogP contribution in [0, 0.1) is 5.82 Å². The van der Waals surface area contributed by atoms with Crippen molar-refractivity contribution in [2.75, 3.05) is 26.1 Å². The number of nitrogens with zero attached hydrogens (tertiary/aromatic N) is 1. The fourth-order valence-corrected chi connectivity index (χ4v) is 4.16. The Bertz CT molecular complexity index is 828. The molecule has 0 fully saturated rings. The Kier molecular flexibility index (Phi) is 6.65. The standard InChI is InChI=1S/C23H31FN2O3/c1-5-7-12-23(6-2)15-25-19-14-21(29-4)20(28-3)13-18(19)22(26(23)27)16-8-10-17(24)11-9-16/h8-11,13-14,22,25,27H,5-7,12,15H2,1-4H3/t22-,23-/m1/s1. The zero-order valence-electron chi connectivity index (χ0n) is 17.7. The van der Waals surface area contributed by atoms with Crippen LogP contribution in [0.2, 0.25) is 0 Å². The zero-order valence-corrected chi connectivity index (χ0v) is 17.7. The molecule has 5 nitrogen and oxygen atoms in total. The molecular formula is C23H31FN2O3. The number of methoxy groups -OCH3 is 2. The van der Waals surface area contributed by atoms with Gasteiger partial charge in [-0.15, -0.1) is 0 Å². The number of unbranched alkanes of at least 4 members (excludes halogenated alkanes) is 1. The topological polar surface area (TPSA) is 54.0 Å². The number of anilines is 1. The molecule has 0 saturated carbocycles. The summed E-state index contributed by atoms with van der Waals surface area (Å²) in [4.78, 5) is 0. The van der Waals surface area contributed by atoms with E-state index in [2.05, 4.69) is 19.2 Å². The zero-order chi connectivity index (χ0) is 21.0. The quantitative estimate of drug-likeness (QED) is 0.650. The van der Waals surface area contributed by atoms with E-state index in [9.17, 15) is 9.60 Å². The summed E-state index contributed by atoms with van der Waals surface area (Å²) >= 11 is 0. The van der Waals surface area contributed by atoms with E-state index in [-0.39, 0.29) is 5.82 Å². The fraction of sp³-hybridized carbons (Fsp3) is 0.478. The van der Waals surface area contributed by atoms with Gasteiger partial charge in [0.1, 0.15) is 5.82 Å². The van der Waals surface area contributed by atoms with Crippen molar-refractivity contribution in [2.45, 2.75) is 51.1 Å². The molecule has 158 valence electrons. The van der Waals surface area contributed by atoms with Crippen molar-refractivity contribution >= 4 is 5.69 Å². The Balaban J connectivity index is 2.19. The van der Waals surface area contributed by atoms with Gasteiger partial charge in [0, 0.05) is 23.9 Å². The lowest BCUT2D eigenvalue weighted by Crippen LogP contribution is -2.51. The highest BCUT2D eigenvalue weighted by Gasteiger charge is 2.43. The van der Waals surface area contributed by atoms with E-state index in [4.69, 9.17) is 9.47 Å². The van der Waals surface area contributed by atoms with E-state index < -0.39 is 11.6 Å². The van der Waals surface area contributed by atoms with Gasteiger partial charge in [0.05, 0.1) is 25.8 Å². The van der Waals surface area contributed by atoms with Crippen LogP contribution < -0.4 is 14.8 Å². The first kappa shape index (κ1) is 21.4. The molecule has 0 aromatic heterocycles. The molecule has 2 aromatic carbocycles. The predicted molar refractivity (Wildman–Crippen MR) is 112 cm³/mol. The monoisotopic (exact) mass is 402 g/mol. The van der Waals surface area contributed by atoms with Crippen LogP contribution in [0.1, 0.15) is 56.7 Å². The average Bonchev–Trinajstić information content (AvgIpc) is 2.86. The maximum Gasteiger partial charge on any atom is 0.162 e. The maximum atomic E-state index is 13.6. The molecule has 0 radical (unpaired) electrons. The summed E-state index contributed by atoms with van der Waals surface area (Å²) in [5.41, 5.74) is 2.11. The lowest BCUT2D eigenvalue weighted by atomic mass is 9.86. The minimum atomic E-state index is -0.461. The molecule has 1 aliphatic heterocycles. The number of rotatable bonds is 7. The normalized spacial score (nSPS) is 21.8. The molecular weight excluding hydrogens is 371 g/mol. The number of halogens is 1. The Morgan fingerprint density at radius 1 is 1.14 bits per heavy atom.